The standard InChI is InChI=1S/C20H18F3N3O4S/c1-11-4-6-15(8-12(11)2)31(28,29)26-18-7-5-14(9-17(18)20(21,22)23)25-19(27)16-10-24-30-13(16)3/h4-10,26H,1-3H3,(H,25,27). The van der Waals surface area contributed by atoms with Crippen molar-refractivity contribution in [3.8, 4) is 0 Å². The molecule has 1 heterocycles. The van der Waals surface area contributed by atoms with Gasteiger partial charge >= 0.3 is 6.18 Å². The minimum atomic E-state index is -4.88. The minimum Gasteiger partial charge on any atom is -0.361 e. The highest BCUT2D eigenvalue weighted by atomic mass is 32.2. The molecular weight excluding hydrogens is 435 g/mol. The van der Waals surface area contributed by atoms with Crippen molar-refractivity contribution in [3.63, 3.8) is 0 Å². The Hall–Kier alpha value is -3.34. The molecule has 0 saturated heterocycles. The molecule has 31 heavy (non-hydrogen) atoms. The van der Waals surface area contributed by atoms with Crippen LogP contribution in [0.3, 0.4) is 0 Å². The van der Waals surface area contributed by atoms with E-state index in [0.29, 0.717) is 11.6 Å². The van der Waals surface area contributed by atoms with Gasteiger partial charge in [-0.3, -0.25) is 9.52 Å². The fraction of sp³-hybridized carbons (Fsp3) is 0.200. The van der Waals surface area contributed by atoms with Gasteiger partial charge in [0.15, 0.2) is 0 Å². The molecule has 0 radical (unpaired) electrons. The van der Waals surface area contributed by atoms with Gasteiger partial charge in [0.2, 0.25) is 0 Å². The van der Waals surface area contributed by atoms with Crippen LogP contribution in [0.15, 0.2) is 52.0 Å². The van der Waals surface area contributed by atoms with Gasteiger partial charge in [-0.1, -0.05) is 11.2 Å². The maximum absolute atomic E-state index is 13.6. The molecule has 0 unspecified atom stereocenters. The summed E-state index contributed by atoms with van der Waals surface area (Å²) in [6.45, 7) is 4.97. The first-order chi connectivity index (χ1) is 14.4. The van der Waals surface area contributed by atoms with Crippen LogP contribution in [0.4, 0.5) is 24.5 Å². The number of hydrogen-bond acceptors (Lipinski definition) is 5. The summed E-state index contributed by atoms with van der Waals surface area (Å²) in [5.74, 6) is -0.512. The first-order valence-corrected chi connectivity index (χ1v) is 10.4. The van der Waals surface area contributed by atoms with E-state index in [1.807, 2.05) is 4.72 Å². The topological polar surface area (TPSA) is 101 Å². The van der Waals surface area contributed by atoms with E-state index in [0.717, 1.165) is 23.9 Å². The molecule has 11 heteroatoms. The van der Waals surface area contributed by atoms with Gasteiger partial charge in [-0.05, 0) is 62.2 Å². The smallest absolute Gasteiger partial charge is 0.361 e. The SMILES string of the molecule is Cc1ccc(S(=O)(=O)Nc2ccc(NC(=O)c3cnoc3C)cc2C(F)(F)F)cc1C. The maximum Gasteiger partial charge on any atom is 0.418 e. The normalized spacial score (nSPS) is 11.9. The Morgan fingerprint density at radius 3 is 2.32 bits per heavy atom. The number of halogens is 3. The number of nitrogens with one attached hydrogen (secondary N) is 2. The average molecular weight is 453 g/mol. The van der Waals surface area contributed by atoms with Crippen molar-refractivity contribution in [2.24, 2.45) is 0 Å². The van der Waals surface area contributed by atoms with Gasteiger partial charge in [-0.2, -0.15) is 13.2 Å². The zero-order valence-electron chi connectivity index (χ0n) is 16.7. The van der Waals surface area contributed by atoms with Crippen LogP contribution in [-0.4, -0.2) is 19.5 Å². The molecule has 0 aliphatic rings. The summed E-state index contributed by atoms with van der Waals surface area (Å²) in [4.78, 5) is 12.0. The number of alkyl halides is 3. The Morgan fingerprint density at radius 1 is 1.03 bits per heavy atom. The third-order valence-electron chi connectivity index (χ3n) is 4.61. The molecule has 1 aromatic heterocycles. The Balaban J connectivity index is 1.94. The summed E-state index contributed by atoms with van der Waals surface area (Å²) in [5.41, 5.74) is -0.496. The maximum atomic E-state index is 13.6. The second-order valence-electron chi connectivity index (χ2n) is 6.86. The molecule has 2 N–H and O–H groups in total. The monoisotopic (exact) mass is 453 g/mol. The zero-order valence-corrected chi connectivity index (χ0v) is 17.5. The van der Waals surface area contributed by atoms with E-state index in [1.54, 1.807) is 19.9 Å². The lowest BCUT2D eigenvalue weighted by Crippen LogP contribution is -2.18. The van der Waals surface area contributed by atoms with E-state index in [1.165, 1.54) is 19.1 Å². The molecule has 2 aromatic carbocycles. The van der Waals surface area contributed by atoms with Crippen LogP contribution in [0.25, 0.3) is 0 Å². The molecule has 3 aromatic rings. The predicted octanol–water partition coefficient (Wildman–Crippen LogP) is 4.67. The lowest BCUT2D eigenvalue weighted by Gasteiger charge is -2.17. The lowest BCUT2D eigenvalue weighted by molar-refractivity contribution is -0.136. The van der Waals surface area contributed by atoms with Crippen LogP contribution in [0.1, 0.15) is 32.8 Å². The third-order valence-corrected chi connectivity index (χ3v) is 5.97. The number of rotatable bonds is 5. The molecule has 1 amide bonds. The number of hydrogen-bond donors (Lipinski definition) is 2. The average Bonchev–Trinajstić information content (AvgIpc) is 3.10. The van der Waals surface area contributed by atoms with Crippen LogP contribution in [-0.2, 0) is 16.2 Å². The molecule has 0 saturated carbocycles. The summed E-state index contributed by atoms with van der Waals surface area (Å²) < 4.78 is 72.9. The number of benzene rings is 2. The third kappa shape index (κ3) is 4.88. The van der Waals surface area contributed by atoms with Crippen LogP contribution >= 0.6 is 0 Å². The molecule has 0 aliphatic heterocycles. The fourth-order valence-electron chi connectivity index (χ4n) is 2.75. The summed E-state index contributed by atoms with van der Waals surface area (Å²) in [7, 11) is -4.27. The van der Waals surface area contributed by atoms with E-state index in [-0.39, 0.29) is 21.9 Å². The number of aromatic nitrogens is 1. The number of carbonyl (C=O) groups is 1. The van der Waals surface area contributed by atoms with Gasteiger partial charge in [-0.15, -0.1) is 0 Å². The van der Waals surface area contributed by atoms with Crippen molar-refractivity contribution >= 4 is 27.3 Å². The highest BCUT2D eigenvalue weighted by Gasteiger charge is 2.35. The van der Waals surface area contributed by atoms with Crippen LogP contribution < -0.4 is 10.0 Å². The van der Waals surface area contributed by atoms with E-state index >= 15 is 0 Å². The number of amides is 1. The molecule has 0 aliphatic carbocycles. The van der Waals surface area contributed by atoms with Crippen LogP contribution in [0.2, 0.25) is 0 Å². The van der Waals surface area contributed by atoms with Crippen molar-refractivity contribution in [2.45, 2.75) is 31.8 Å². The van der Waals surface area contributed by atoms with Gasteiger partial charge in [0.1, 0.15) is 11.3 Å². The molecule has 3 rings (SSSR count). The van der Waals surface area contributed by atoms with E-state index < -0.39 is 33.4 Å². The Kier molecular flexibility index (Phi) is 5.81. The predicted molar refractivity (Wildman–Crippen MR) is 107 cm³/mol. The quantitative estimate of drug-likeness (QED) is 0.585. The van der Waals surface area contributed by atoms with Crippen LogP contribution in [0, 0.1) is 20.8 Å². The Morgan fingerprint density at radius 2 is 1.74 bits per heavy atom. The van der Waals surface area contributed by atoms with E-state index in [4.69, 9.17) is 4.52 Å². The first-order valence-electron chi connectivity index (χ1n) is 8.92. The van der Waals surface area contributed by atoms with Gasteiger partial charge in [0, 0.05) is 5.69 Å². The number of aryl methyl sites for hydroxylation is 3. The van der Waals surface area contributed by atoms with E-state index in [2.05, 4.69) is 10.5 Å². The van der Waals surface area contributed by atoms with Gasteiger partial charge in [0.25, 0.3) is 15.9 Å². The van der Waals surface area contributed by atoms with Crippen molar-refractivity contribution in [1.82, 2.24) is 5.16 Å². The van der Waals surface area contributed by atoms with Crippen LogP contribution in [0.5, 0.6) is 0 Å². The molecule has 7 nitrogen and oxygen atoms in total. The lowest BCUT2D eigenvalue weighted by atomic mass is 10.1. The van der Waals surface area contributed by atoms with Gasteiger partial charge in [-0.25, -0.2) is 8.42 Å². The van der Waals surface area contributed by atoms with Crippen molar-refractivity contribution in [2.75, 3.05) is 10.0 Å². The van der Waals surface area contributed by atoms with E-state index in [9.17, 15) is 26.4 Å². The zero-order chi connectivity index (χ0) is 23.0. The second kappa shape index (κ2) is 8.06. The molecule has 164 valence electrons. The number of carbonyl (C=O) groups excluding carboxylic acids is 1. The van der Waals surface area contributed by atoms with Crippen molar-refractivity contribution in [3.05, 3.63) is 70.6 Å². The Bertz CT molecular complexity index is 1250. The molecule has 0 spiro atoms. The molecule has 0 fully saturated rings. The highest BCUT2D eigenvalue weighted by Crippen LogP contribution is 2.37. The first kappa shape index (κ1) is 22.3. The molecule has 0 bridgehead atoms. The van der Waals surface area contributed by atoms with Crippen molar-refractivity contribution < 1.29 is 30.9 Å². The Labute approximate surface area is 176 Å². The second-order valence-corrected chi connectivity index (χ2v) is 8.54. The highest BCUT2D eigenvalue weighted by molar-refractivity contribution is 7.92. The minimum absolute atomic E-state index is 0.0630. The van der Waals surface area contributed by atoms with Gasteiger partial charge < -0.3 is 9.84 Å². The molecule has 0 atom stereocenters. The largest absolute Gasteiger partial charge is 0.418 e. The molecular formula is C20H18F3N3O4S. The number of anilines is 2. The summed E-state index contributed by atoms with van der Waals surface area (Å²) in [6.07, 6.45) is -3.74. The van der Waals surface area contributed by atoms with Gasteiger partial charge in [0.05, 0.1) is 22.3 Å². The van der Waals surface area contributed by atoms with Crippen molar-refractivity contribution in [1.29, 1.82) is 0 Å². The fourth-order valence-corrected chi connectivity index (χ4v) is 3.91. The number of sulfonamides is 1. The number of nitrogens with zero attached hydrogens (tertiary/aromatic N) is 1. The summed E-state index contributed by atoms with van der Waals surface area (Å²) in [5, 5.41) is 5.76. The summed E-state index contributed by atoms with van der Waals surface area (Å²) >= 11 is 0. The summed E-state index contributed by atoms with van der Waals surface area (Å²) in [6, 6.07) is 7.01.